The van der Waals surface area contributed by atoms with Gasteiger partial charge >= 0.3 is 0 Å². The van der Waals surface area contributed by atoms with Crippen LogP contribution in [0, 0.1) is 0 Å². The Bertz CT molecular complexity index is 1080. The number of aromatic amines is 1. The molecule has 2 N–H and O–H groups in total. The molecular formula is C20H16N4O. The summed E-state index contributed by atoms with van der Waals surface area (Å²) in [5, 5.41) is 5.33. The zero-order chi connectivity index (χ0) is 16.8. The van der Waals surface area contributed by atoms with Crippen LogP contribution in [-0.2, 0) is 4.79 Å². The number of rotatable bonds is 0. The van der Waals surface area contributed by atoms with Crippen LogP contribution in [-0.4, -0.2) is 34.3 Å². The molecule has 4 aliphatic rings. The van der Waals surface area contributed by atoms with E-state index in [-0.39, 0.29) is 17.9 Å². The van der Waals surface area contributed by atoms with E-state index in [0.29, 0.717) is 6.42 Å². The standard InChI is InChI=1S/C20H16N4O/c25-20-11-18-9-16-4-3-14(22-16)7-12-1-2-13(21-12)8-15-5-6-17(23-15)10-19(20)24-18/h1-10,18-19,21,24H,11H2/b12-7-,13-8-,16-9-,17-10-. The number of carbonyl (C=O) groups excluding carboxylic acids is 1. The molecule has 1 aromatic rings. The summed E-state index contributed by atoms with van der Waals surface area (Å²) in [4.78, 5) is 24.8. The highest BCUT2D eigenvalue weighted by Gasteiger charge is 2.29. The van der Waals surface area contributed by atoms with Crippen molar-refractivity contribution >= 4 is 29.4 Å². The molecule has 1 aromatic heterocycles. The fraction of sp³-hybridized carbons (Fsp3) is 0.150. The zero-order valence-corrected chi connectivity index (χ0v) is 13.4. The Morgan fingerprint density at radius 2 is 1.52 bits per heavy atom. The molecule has 5 heteroatoms. The highest BCUT2D eigenvalue weighted by molar-refractivity contribution is 6.20. The lowest BCUT2D eigenvalue weighted by atomic mass is 10.1. The summed E-state index contributed by atoms with van der Waals surface area (Å²) in [5.74, 6) is 0.186. The van der Waals surface area contributed by atoms with E-state index in [4.69, 9.17) is 0 Å². The molecular weight excluding hydrogens is 312 g/mol. The Labute approximate surface area is 144 Å². The fourth-order valence-corrected chi connectivity index (χ4v) is 3.40. The predicted octanol–water partition coefficient (Wildman–Crippen LogP) is 0.678. The Morgan fingerprint density at radius 1 is 0.880 bits per heavy atom. The molecule has 5 rings (SSSR count). The van der Waals surface area contributed by atoms with Gasteiger partial charge in [0.15, 0.2) is 5.78 Å². The number of hydrogen-bond donors (Lipinski definition) is 2. The van der Waals surface area contributed by atoms with E-state index in [1.165, 1.54) is 0 Å². The summed E-state index contributed by atoms with van der Waals surface area (Å²) in [6, 6.07) is 3.75. The third-order valence-corrected chi connectivity index (χ3v) is 4.57. The predicted molar refractivity (Wildman–Crippen MR) is 98.6 cm³/mol. The van der Waals surface area contributed by atoms with Crippen molar-refractivity contribution in [2.75, 3.05) is 0 Å². The minimum absolute atomic E-state index is 0.00231. The summed E-state index contributed by atoms with van der Waals surface area (Å²) in [6.45, 7) is 0. The van der Waals surface area contributed by atoms with Crippen LogP contribution in [0.1, 0.15) is 6.42 Å². The lowest BCUT2D eigenvalue weighted by Crippen LogP contribution is -2.29. The summed E-state index contributed by atoms with van der Waals surface area (Å²) in [5.41, 5.74) is 3.47. The largest absolute Gasteiger partial charge is 0.355 e. The Balaban J connectivity index is 1.65. The molecule has 1 saturated heterocycles. The normalized spacial score (nSPS) is 33.5. The van der Waals surface area contributed by atoms with Gasteiger partial charge in [0.2, 0.25) is 0 Å². The van der Waals surface area contributed by atoms with Crippen molar-refractivity contribution < 1.29 is 4.79 Å². The summed E-state index contributed by atoms with van der Waals surface area (Å²) in [6.07, 6.45) is 16.3. The molecule has 0 saturated carbocycles. The molecule has 122 valence electrons. The summed E-state index contributed by atoms with van der Waals surface area (Å²) < 4.78 is 0. The second-order valence-corrected chi connectivity index (χ2v) is 6.50. The van der Waals surface area contributed by atoms with E-state index in [2.05, 4.69) is 20.3 Å². The summed E-state index contributed by atoms with van der Waals surface area (Å²) in [7, 11) is 0. The van der Waals surface area contributed by atoms with Gasteiger partial charge in [-0.1, -0.05) is 0 Å². The number of nitrogens with one attached hydrogen (secondary N) is 2. The minimum atomic E-state index is -0.296. The fourth-order valence-electron chi connectivity index (χ4n) is 3.40. The van der Waals surface area contributed by atoms with Gasteiger partial charge in [-0.25, -0.2) is 9.98 Å². The average molecular weight is 328 g/mol. The van der Waals surface area contributed by atoms with Crippen molar-refractivity contribution in [1.29, 1.82) is 0 Å². The first-order valence-electron chi connectivity index (χ1n) is 8.36. The molecule has 1 fully saturated rings. The molecule has 5 nitrogen and oxygen atoms in total. The van der Waals surface area contributed by atoms with Crippen molar-refractivity contribution in [3.63, 3.8) is 0 Å². The SMILES string of the molecule is O=C1CC2/C=C3/C=CC(=N3)/C=c3/cc/c([nH]3)=C/C3=NC(=C\C1N2)/C=C3. The van der Waals surface area contributed by atoms with Crippen LogP contribution >= 0.6 is 0 Å². The Kier molecular flexibility index (Phi) is 3.15. The van der Waals surface area contributed by atoms with Crippen LogP contribution in [0.25, 0.3) is 12.2 Å². The number of ketones is 1. The van der Waals surface area contributed by atoms with E-state index in [1.54, 1.807) is 0 Å². The number of Topliss-reactive ketones (excluding diaryl/α,β-unsaturated/α-hetero) is 1. The molecule has 2 unspecified atom stereocenters. The molecule has 0 radical (unpaired) electrons. The number of fused-ring (bicyclic) bond motifs is 6. The molecule has 0 aliphatic carbocycles. The van der Waals surface area contributed by atoms with Crippen molar-refractivity contribution in [2.24, 2.45) is 9.98 Å². The van der Waals surface area contributed by atoms with Crippen LogP contribution in [0.4, 0.5) is 0 Å². The maximum Gasteiger partial charge on any atom is 0.155 e. The van der Waals surface area contributed by atoms with E-state index < -0.39 is 0 Å². The highest BCUT2D eigenvalue weighted by atomic mass is 16.1. The molecule has 0 amide bonds. The molecule has 0 spiro atoms. The molecule has 2 atom stereocenters. The van der Waals surface area contributed by atoms with Gasteiger partial charge in [-0.3, -0.25) is 10.1 Å². The van der Waals surface area contributed by atoms with Gasteiger partial charge in [0.1, 0.15) is 0 Å². The second-order valence-electron chi connectivity index (χ2n) is 6.50. The maximum absolute atomic E-state index is 12.3. The van der Waals surface area contributed by atoms with Crippen molar-refractivity contribution in [2.45, 2.75) is 18.5 Å². The quantitative estimate of drug-likeness (QED) is 0.735. The van der Waals surface area contributed by atoms with Crippen molar-refractivity contribution in [1.82, 2.24) is 10.3 Å². The average Bonchev–Trinajstić information content (AvgIpc) is 3.33. The van der Waals surface area contributed by atoms with Gasteiger partial charge in [0.05, 0.1) is 28.9 Å². The Morgan fingerprint density at radius 3 is 2.20 bits per heavy atom. The molecule has 25 heavy (non-hydrogen) atoms. The number of H-pyrrole nitrogens is 1. The first-order chi connectivity index (χ1) is 12.2. The first-order valence-corrected chi connectivity index (χ1v) is 8.36. The van der Waals surface area contributed by atoms with E-state index in [1.807, 2.05) is 60.7 Å². The molecule has 5 heterocycles. The lowest BCUT2D eigenvalue weighted by molar-refractivity contribution is -0.117. The van der Waals surface area contributed by atoms with Gasteiger partial charge in [0.25, 0.3) is 0 Å². The highest BCUT2D eigenvalue weighted by Crippen LogP contribution is 2.19. The summed E-state index contributed by atoms with van der Waals surface area (Å²) >= 11 is 0. The number of carbonyl (C=O) groups is 1. The topological polar surface area (TPSA) is 69.6 Å². The van der Waals surface area contributed by atoms with Crippen molar-refractivity contribution in [3.05, 3.63) is 70.7 Å². The van der Waals surface area contributed by atoms with Gasteiger partial charge < -0.3 is 4.98 Å². The molecule has 4 aliphatic heterocycles. The zero-order valence-electron chi connectivity index (χ0n) is 13.4. The van der Waals surface area contributed by atoms with Gasteiger partial charge in [-0.05, 0) is 60.7 Å². The number of aliphatic imine (C=N–C) groups is 2. The monoisotopic (exact) mass is 328 g/mol. The van der Waals surface area contributed by atoms with Crippen LogP contribution in [0.5, 0.6) is 0 Å². The van der Waals surface area contributed by atoms with Gasteiger partial charge in [-0.2, -0.15) is 0 Å². The number of aromatic nitrogens is 1. The molecule has 0 aromatic carbocycles. The lowest BCUT2D eigenvalue weighted by Gasteiger charge is -2.06. The van der Waals surface area contributed by atoms with Crippen LogP contribution in [0.2, 0.25) is 0 Å². The van der Waals surface area contributed by atoms with Gasteiger partial charge in [-0.15, -0.1) is 0 Å². The van der Waals surface area contributed by atoms with Gasteiger partial charge in [0, 0.05) is 23.2 Å². The number of allylic oxidation sites excluding steroid dienone is 4. The third-order valence-electron chi connectivity index (χ3n) is 4.57. The number of nitrogens with zero attached hydrogens (tertiary/aromatic N) is 2. The third kappa shape index (κ3) is 2.79. The van der Waals surface area contributed by atoms with Crippen LogP contribution in [0.15, 0.2) is 70.0 Å². The van der Waals surface area contributed by atoms with E-state index in [9.17, 15) is 4.79 Å². The van der Waals surface area contributed by atoms with Crippen LogP contribution < -0.4 is 16.0 Å². The molecule has 8 bridgehead atoms. The first kappa shape index (κ1) is 14.3. The van der Waals surface area contributed by atoms with Crippen molar-refractivity contribution in [3.8, 4) is 0 Å². The minimum Gasteiger partial charge on any atom is -0.355 e. The number of hydrogen-bond acceptors (Lipinski definition) is 4. The second kappa shape index (κ2) is 5.50. The van der Waals surface area contributed by atoms with E-state index in [0.717, 1.165) is 33.5 Å². The maximum atomic E-state index is 12.3. The van der Waals surface area contributed by atoms with E-state index >= 15 is 0 Å². The Hall–Kier alpha value is -3.05. The van der Waals surface area contributed by atoms with Crippen LogP contribution in [0.3, 0.4) is 0 Å². The smallest absolute Gasteiger partial charge is 0.155 e.